The largest absolute Gasteiger partial charge is 0.382 e. The molecule has 0 saturated heterocycles. The Morgan fingerprint density at radius 2 is 2.10 bits per heavy atom. The number of halogens is 1. The fraction of sp³-hybridized carbons (Fsp3) is 0.643. The highest BCUT2D eigenvalue weighted by atomic mass is 127. The second-order valence-corrected chi connectivity index (χ2v) is 5.56. The molecule has 0 fully saturated rings. The van der Waals surface area contributed by atoms with Gasteiger partial charge in [0.05, 0.1) is 6.54 Å². The van der Waals surface area contributed by atoms with Crippen LogP contribution >= 0.6 is 35.3 Å². The average molecular weight is 411 g/mol. The zero-order valence-electron chi connectivity index (χ0n) is 12.6. The number of nitrogens with one attached hydrogen (secondary N) is 2. The minimum absolute atomic E-state index is 0. The first-order valence-electron chi connectivity index (χ1n) is 6.91. The number of hydrogen-bond acceptors (Lipinski definition) is 3. The maximum absolute atomic E-state index is 5.31. The van der Waals surface area contributed by atoms with E-state index in [2.05, 4.69) is 41.6 Å². The van der Waals surface area contributed by atoms with Crippen LogP contribution in [0.4, 0.5) is 0 Å². The number of aliphatic imine (C=N–C) groups is 1. The molecule has 20 heavy (non-hydrogen) atoms. The van der Waals surface area contributed by atoms with Gasteiger partial charge in [0, 0.05) is 36.1 Å². The molecule has 0 unspecified atom stereocenters. The van der Waals surface area contributed by atoms with Gasteiger partial charge in [0.1, 0.15) is 0 Å². The zero-order valence-corrected chi connectivity index (χ0v) is 15.7. The topological polar surface area (TPSA) is 45.7 Å². The predicted octanol–water partition coefficient (Wildman–Crippen LogP) is 3.16. The minimum atomic E-state index is 0. The van der Waals surface area contributed by atoms with Gasteiger partial charge in [-0.1, -0.05) is 0 Å². The molecule has 0 aromatic carbocycles. The lowest BCUT2D eigenvalue weighted by Crippen LogP contribution is -2.38. The number of hydrogen-bond donors (Lipinski definition) is 2. The third-order valence-electron chi connectivity index (χ3n) is 2.50. The molecule has 0 bridgehead atoms. The summed E-state index contributed by atoms with van der Waals surface area (Å²) in [6.07, 6.45) is 0.996. The summed E-state index contributed by atoms with van der Waals surface area (Å²) in [5.74, 6) is 0.880. The van der Waals surface area contributed by atoms with Gasteiger partial charge < -0.3 is 15.4 Å². The fourth-order valence-corrected chi connectivity index (χ4v) is 2.41. The van der Waals surface area contributed by atoms with E-state index in [0.717, 1.165) is 45.2 Å². The first-order valence-corrected chi connectivity index (χ1v) is 7.73. The molecule has 0 saturated carbocycles. The summed E-state index contributed by atoms with van der Waals surface area (Å²) in [5, 5.41) is 6.57. The highest BCUT2D eigenvalue weighted by Gasteiger charge is 1.99. The number of nitrogens with zero attached hydrogens (tertiary/aromatic N) is 1. The lowest BCUT2D eigenvalue weighted by molar-refractivity contribution is 0.145. The molecular formula is C14H26IN3OS. The van der Waals surface area contributed by atoms with E-state index in [1.807, 2.05) is 6.92 Å². The normalized spacial score (nSPS) is 11.1. The van der Waals surface area contributed by atoms with Gasteiger partial charge in [0.15, 0.2) is 5.96 Å². The molecule has 0 aliphatic carbocycles. The summed E-state index contributed by atoms with van der Waals surface area (Å²) >= 11 is 1.80. The van der Waals surface area contributed by atoms with Gasteiger partial charge in [-0.2, -0.15) is 0 Å². The highest BCUT2D eigenvalue weighted by Crippen LogP contribution is 2.15. The van der Waals surface area contributed by atoms with Crippen molar-refractivity contribution in [2.45, 2.75) is 33.7 Å². The maximum atomic E-state index is 5.31. The van der Waals surface area contributed by atoms with E-state index in [9.17, 15) is 0 Å². The number of ether oxygens (including phenoxy) is 1. The smallest absolute Gasteiger partial charge is 0.191 e. The fourth-order valence-electron chi connectivity index (χ4n) is 1.59. The third-order valence-corrected chi connectivity index (χ3v) is 3.48. The van der Waals surface area contributed by atoms with E-state index < -0.39 is 0 Å². The summed E-state index contributed by atoms with van der Waals surface area (Å²) in [6.45, 7) is 10.3. The Labute approximate surface area is 143 Å². The van der Waals surface area contributed by atoms with Crippen LogP contribution in [0.25, 0.3) is 0 Å². The van der Waals surface area contributed by atoms with Crippen LogP contribution in [0.2, 0.25) is 0 Å². The summed E-state index contributed by atoms with van der Waals surface area (Å²) in [7, 11) is 0. The first kappa shape index (κ1) is 19.7. The highest BCUT2D eigenvalue weighted by molar-refractivity contribution is 14.0. The average Bonchev–Trinajstić information content (AvgIpc) is 2.81. The molecule has 6 heteroatoms. The van der Waals surface area contributed by atoms with E-state index in [4.69, 9.17) is 4.74 Å². The quantitative estimate of drug-likeness (QED) is 0.299. The van der Waals surface area contributed by atoms with E-state index in [1.54, 1.807) is 11.3 Å². The summed E-state index contributed by atoms with van der Waals surface area (Å²) in [6, 6.07) is 4.28. The van der Waals surface area contributed by atoms with E-state index in [0.29, 0.717) is 0 Å². The predicted molar refractivity (Wildman–Crippen MR) is 98.4 cm³/mol. The monoisotopic (exact) mass is 411 g/mol. The minimum Gasteiger partial charge on any atom is -0.382 e. The van der Waals surface area contributed by atoms with Crippen molar-refractivity contribution in [2.24, 2.45) is 4.99 Å². The summed E-state index contributed by atoms with van der Waals surface area (Å²) in [4.78, 5) is 7.21. The molecule has 1 aromatic heterocycles. The standard InChI is InChI=1S/C14H25N3OS.HI/c1-4-15-14(16-9-6-10-18-5-2)17-11-13-8-7-12(3)19-13;/h7-8H,4-6,9-11H2,1-3H3,(H2,15,16,17);1H. The Morgan fingerprint density at radius 3 is 2.70 bits per heavy atom. The van der Waals surface area contributed by atoms with Crippen molar-refractivity contribution in [1.82, 2.24) is 10.6 Å². The molecular weight excluding hydrogens is 385 g/mol. The van der Waals surface area contributed by atoms with Gasteiger partial charge in [-0.15, -0.1) is 35.3 Å². The van der Waals surface area contributed by atoms with Gasteiger partial charge in [-0.25, -0.2) is 4.99 Å². The van der Waals surface area contributed by atoms with E-state index in [-0.39, 0.29) is 24.0 Å². The van der Waals surface area contributed by atoms with Crippen LogP contribution < -0.4 is 10.6 Å². The summed E-state index contributed by atoms with van der Waals surface area (Å²) in [5.41, 5.74) is 0. The van der Waals surface area contributed by atoms with Gasteiger partial charge in [0.25, 0.3) is 0 Å². The molecule has 116 valence electrons. The van der Waals surface area contributed by atoms with E-state index in [1.165, 1.54) is 9.75 Å². The van der Waals surface area contributed by atoms with Crippen molar-refractivity contribution < 1.29 is 4.74 Å². The molecule has 0 radical (unpaired) electrons. The number of aryl methyl sites for hydroxylation is 1. The Balaban J connectivity index is 0.00000361. The second-order valence-electron chi connectivity index (χ2n) is 4.18. The van der Waals surface area contributed by atoms with Crippen LogP contribution in [0, 0.1) is 6.92 Å². The van der Waals surface area contributed by atoms with Crippen LogP contribution in [0.3, 0.4) is 0 Å². The molecule has 1 heterocycles. The molecule has 1 rings (SSSR count). The number of rotatable bonds is 8. The van der Waals surface area contributed by atoms with Crippen molar-refractivity contribution in [2.75, 3.05) is 26.3 Å². The Kier molecular flexibility index (Phi) is 12.2. The number of guanidine groups is 1. The van der Waals surface area contributed by atoms with Crippen LogP contribution in [0.15, 0.2) is 17.1 Å². The Morgan fingerprint density at radius 1 is 1.30 bits per heavy atom. The Bertz CT molecular complexity index is 382. The van der Waals surface area contributed by atoms with Gasteiger partial charge in [0.2, 0.25) is 0 Å². The van der Waals surface area contributed by atoms with Crippen LogP contribution in [0.1, 0.15) is 30.0 Å². The molecule has 0 atom stereocenters. The van der Waals surface area contributed by atoms with Crippen LogP contribution in [0.5, 0.6) is 0 Å². The second kappa shape index (κ2) is 12.4. The van der Waals surface area contributed by atoms with Crippen molar-refractivity contribution >= 4 is 41.3 Å². The molecule has 2 N–H and O–H groups in total. The molecule has 1 aromatic rings. The molecule has 0 amide bonds. The van der Waals surface area contributed by atoms with Gasteiger partial charge in [-0.3, -0.25) is 0 Å². The SMILES string of the molecule is CCNC(=NCc1ccc(C)s1)NCCCOCC.I. The Hall–Kier alpha value is -0.340. The lowest BCUT2D eigenvalue weighted by Gasteiger charge is -2.10. The number of thiophene rings is 1. The molecule has 0 aliphatic heterocycles. The maximum Gasteiger partial charge on any atom is 0.191 e. The van der Waals surface area contributed by atoms with Crippen molar-refractivity contribution in [3.05, 3.63) is 21.9 Å². The summed E-state index contributed by atoms with van der Waals surface area (Å²) < 4.78 is 5.31. The van der Waals surface area contributed by atoms with Gasteiger partial charge >= 0.3 is 0 Å². The third kappa shape index (κ3) is 8.76. The van der Waals surface area contributed by atoms with Crippen LogP contribution in [-0.2, 0) is 11.3 Å². The van der Waals surface area contributed by atoms with Crippen molar-refractivity contribution in [1.29, 1.82) is 0 Å². The molecule has 0 spiro atoms. The van der Waals surface area contributed by atoms with Crippen molar-refractivity contribution in [3.8, 4) is 0 Å². The molecule has 4 nitrogen and oxygen atoms in total. The molecule has 0 aliphatic rings. The lowest BCUT2D eigenvalue weighted by atomic mass is 10.4. The van der Waals surface area contributed by atoms with E-state index >= 15 is 0 Å². The van der Waals surface area contributed by atoms with Crippen molar-refractivity contribution in [3.63, 3.8) is 0 Å². The van der Waals surface area contributed by atoms with Gasteiger partial charge in [-0.05, 0) is 39.3 Å². The first-order chi connectivity index (χ1) is 9.26. The van der Waals surface area contributed by atoms with Crippen LogP contribution in [-0.4, -0.2) is 32.3 Å². The zero-order chi connectivity index (χ0) is 13.9.